The van der Waals surface area contributed by atoms with Crippen LogP contribution < -0.4 is 5.32 Å². The van der Waals surface area contributed by atoms with E-state index in [1.165, 1.54) is 0 Å². The Balaban J connectivity index is 1.98. The molecule has 1 fully saturated rings. The van der Waals surface area contributed by atoms with Crippen LogP contribution in [0.4, 0.5) is 0 Å². The van der Waals surface area contributed by atoms with Gasteiger partial charge >= 0.3 is 0 Å². The topological polar surface area (TPSA) is 45.5 Å². The van der Waals surface area contributed by atoms with E-state index in [0.29, 0.717) is 12.0 Å². The minimum absolute atomic E-state index is 0.111. The molecule has 0 radical (unpaired) electrons. The Hall–Kier alpha value is -1.29. The molecule has 1 aromatic heterocycles. The van der Waals surface area contributed by atoms with E-state index in [-0.39, 0.29) is 5.91 Å². The third kappa shape index (κ3) is 3.23. The first-order chi connectivity index (χ1) is 9.52. The Morgan fingerprint density at radius 1 is 1.50 bits per heavy atom. The highest BCUT2D eigenvalue weighted by Crippen LogP contribution is 2.21. The largest absolute Gasteiger partial charge is 0.466 e. The number of hydrogen-bond donors (Lipinski definition) is 1. The molecule has 4 heteroatoms. The van der Waals surface area contributed by atoms with Crippen molar-refractivity contribution in [1.29, 1.82) is 0 Å². The summed E-state index contributed by atoms with van der Waals surface area (Å²) in [6.07, 6.45) is 2.18. The fraction of sp³-hybridized carbons (Fsp3) is 0.688. The molecule has 1 N–H and O–H groups in total. The van der Waals surface area contributed by atoms with Crippen LogP contribution >= 0.6 is 0 Å². The SMILES string of the molecule is CCCNC1CCN(C(=O)c2cc(C)oc2C)CC1C. The molecule has 0 aliphatic carbocycles. The Bertz CT molecular complexity index is 467. The molecule has 4 nitrogen and oxygen atoms in total. The number of amides is 1. The number of hydrogen-bond acceptors (Lipinski definition) is 3. The quantitative estimate of drug-likeness (QED) is 0.921. The number of aryl methyl sites for hydroxylation is 2. The summed E-state index contributed by atoms with van der Waals surface area (Å²) >= 11 is 0. The summed E-state index contributed by atoms with van der Waals surface area (Å²) in [4.78, 5) is 14.5. The number of likely N-dealkylation sites (tertiary alicyclic amines) is 1. The van der Waals surface area contributed by atoms with Crippen LogP contribution in [0.1, 0.15) is 48.6 Å². The minimum Gasteiger partial charge on any atom is -0.466 e. The first-order valence-corrected chi connectivity index (χ1v) is 7.62. The summed E-state index contributed by atoms with van der Waals surface area (Å²) in [5.41, 5.74) is 0.717. The average molecular weight is 278 g/mol. The van der Waals surface area contributed by atoms with Crippen molar-refractivity contribution in [3.8, 4) is 0 Å². The van der Waals surface area contributed by atoms with Crippen LogP contribution in [0.2, 0.25) is 0 Å². The maximum Gasteiger partial charge on any atom is 0.257 e. The molecule has 2 unspecified atom stereocenters. The summed E-state index contributed by atoms with van der Waals surface area (Å²) in [5, 5.41) is 3.58. The summed E-state index contributed by atoms with van der Waals surface area (Å²) in [5.74, 6) is 2.14. The highest BCUT2D eigenvalue weighted by Gasteiger charge is 2.29. The molecule has 0 spiro atoms. The lowest BCUT2D eigenvalue weighted by Gasteiger charge is -2.37. The van der Waals surface area contributed by atoms with Crippen molar-refractivity contribution < 1.29 is 9.21 Å². The van der Waals surface area contributed by atoms with Crippen LogP contribution in [0.3, 0.4) is 0 Å². The molecular weight excluding hydrogens is 252 g/mol. The Morgan fingerprint density at radius 2 is 2.25 bits per heavy atom. The van der Waals surface area contributed by atoms with Crippen LogP contribution in [-0.2, 0) is 0 Å². The van der Waals surface area contributed by atoms with Gasteiger partial charge in [0.15, 0.2) is 0 Å². The number of carbonyl (C=O) groups excluding carboxylic acids is 1. The zero-order chi connectivity index (χ0) is 14.7. The first kappa shape index (κ1) is 15.1. The van der Waals surface area contributed by atoms with Gasteiger partial charge in [-0.25, -0.2) is 0 Å². The molecule has 2 atom stereocenters. The minimum atomic E-state index is 0.111. The number of rotatable bonds is 4. The van der Waals surface area contributed by atoms with E-state index >= 15 is 0 Å². The second-order valence-corrected chi connectivity index (χ2v) is 5.90. The zero-order valence-corrected chi connectivity index (χ0v) is 13.0. The highest BCUT2D eigenvalue weighted by molar-refractivity contribution is 5.95. The van der Waals surface area contributed by atoms with Gasteiger partial charge in [-0.15, -0.1) is 0 Å². The molecule has 1 aromatic rings. The molecule has 1 aliphatic heterocycles. The average Bonchev–Trinajstić information content (AvgIpc) is 2.75. The maximum atomic E-state index is 12.5. The monoisotopic (exact) mass is 278 g/mol. The van der Waals surface area contributed by atoms with Crippen molar-refractivity contribution >= 4 is 5.91 Å². The van der Waals surface area contributed by atoms with Gasteiger partial charge in [-0.2, -0.15) is 0 Å². The van der Waals surface area contributed by atoms with Gasteiger partial charge in [0.05, 0.1) is 5.56 Å². The Labute approximate surface area is 121 Å². The fourth-order valence-electron chi connectivity index (χ4n) is 2.98. The van der Waals surface area contributed by atoms with Gasteiger partial charge in [0.2, 0.25) is 0 Å². The van der Waals surface area contributed by atoms with Gasteiger partial charge in [0, 0.05) is 19.1 Å². The maximum absolute atomic E-state index is 12.5. The first-order valence-electron chi connectivity index (χ1n) is 7.62. The normalized spacial score (nSPS) is 23.1. The number of nitrogens with one attached hydrogen (secondary N) is 1. The zero-order valence-electron chi connectivity index (χ0n) is 13.0. The van der Waals surface area contributed by atoms with Gasteiger partial charge in [-0.1, -0.05) is 13.8 Å². The van der Waals surface area contributed by atoms with Crippen molar-refractivity contribution in [2.45, 2.75) is 46.6 Å². The van der Waals surface area contributed by atoms with Crippen molar-refractivity contribution in [3.05, 3.63) is 23.2 Å². The molecular formula is C16H26N2O2. The van der Waals surface area contributed by atoms with Crippen LogP contribution in [0.25, 0.3) is 0 Å². The predicted octanol–water partition coefficient (Wildman–Crippen LogP) is 2.75. The third-order valence-corrected chi connectivity index (χ3v) is 4.12. The van der Waals surface area contributed by atoms with E-state index in [0.717, 1.165) is 49.6 Å². The molecule has 1 saturated heterocycles. The molecule has 2 heterocycles. The summed E-state index contributed by atoms with van der Waals surface area (Å²) in [6.45, 7) is 10.9. The number of carbonyl (C=O) groups is 1. The van der Waals surface area contributed by atoms with Gasteiger partial charge in [-0.3, -0.25) is 4.79 Å². The molecule has 20 heavy (non-hydrogen) atoms. The lowest BCUT2D eigenvalue weighted by atomic mass is 9.93. The van der Waals surface area contributed by atoms with Crippen molar-refractivity contribution in [3.63, 3.8) is 0 Å². The van der Waals surface area contributed by atoms with Gasteiger partial charge in [-0.05, 0) is 45.2 Å². The van der Waals surface area contributed by atoms with Crippen molar-refractivity contribution in [2.24, 2.45) is 5.92 Å². The number of piperidine rings is 1. The summed E-state index contributed by atoms with van der Waals surface area (Å²) in [7, 11) is 0. The Morgan fingerprint density at radius 3 is 2.80 bits per heavy atom. The van der Waals surface area contributed by atoms with E-state index in [1.807, 2.05) is 24.8 Å². The Kier molecular flexibility index (Phi) is 4.86. The van der Waals surface area contributed by atoms with E-state index < -0.39 is 0 Å². The van der Waals surface area contributed by atoms with Gasteiger partial charge < -0.3 is 14.6 Å². The van der Waals surface area contributed by atoms with Gasteiger partial charge in [0.1, 0.15) is 11.5 Å². The summed E-state index contributed by atoms with van der Waals surface area (Å²) in [6, 6.07) is 2.38. The number of furan rings is 1. The van der Waals surface area contributed by atoms with E-state index in [9.17, 15) is 4.79 Å². The van der Waals surface area contributed by atoms with E-state index in [4.69, 9.17) is 4.42 Å². The molecule has 0 aromatic carbocycles. The van der Waals surface area contributed by atoms with E-state index in [2.05, 4.69) is 19.2 Å². The smallest absolute Gasteiger partial charge is 0.257 e. The molecule has 1 aliphatic rings. The van der Waals surface area contributed by atoms with Crippen molar-refractivity contribution in [1.82, 2.24) is 10.2 Å². The second-order valence-electron chi connectivity index (χ2n) is 5.90. The lowest BCUT2D eigenvalue weighted by Crippen LogP contribution is -2.50. The lowest BCUT2D eigenvalue weighted by molar-refractivity contribution is 0.0643. The van der Waals surface area contributed by atoms with Crippen LogP contribution in [0.5, 0.6) is 0 Å². The molecule has 2 rings (SSSR count). The molecule has 0 bridgehead atoms. The van der Waals surface area contributed by atoms with Crippen LogP contribution in [-0.4, -0.2) is 36.5 Å². The van der Waals surface area contributed by atoms with Crippen LogP contribution in [0.15, 0.2) is 10.5 Å². The molecule has 112 valence electrons. The number of nitrogens with zero attached hydrogens (tertiary/aromatic N) is 1. The summed E-state index contributed by atoms with van der Waals surface area (Å²) < 4.78 is 5.47. The standard InChI is InChI=1S/C16H26N2O2/c1-5-7-17-15-6-8-18(10-11(15)2)16(19)14-9-12(3)20-13(14)4/h9,11,15,17H,5-8,10H2,1-4H3. The second kappa shape index (κ2) is 6.44. The van der Waals surface area contributed by atoms with Crippen LogP contribution in [0, 0.1) is 19.8 Å². The van der Waals surface area contributed by atoms with E-state index in [1.54, 1.807) is 0 Å². The van der Waals surface area contributed by atoms with Gasteiger partial charge in [0.25, 0.3) is 5.91 Å². The third-order valence-electron chi connectivity index (χ3n) is 4.12. The fourth-order valence-corrected chi connectivity index (χ4v) is 2.98. The van der Waals surface area contributed by atoms with Crippen molar-refractivity contribution in [2.75, 3.05) is 19.6 Å². The molecule has 0 saturated carbocycles. The molecule has 1 amide bonds. The predicted molar refractivity (Wildman–Crippen MR) is 79.9 cm³/mol. The highest BCUT2D eigenvalue weighted by atomic mass is 16.3.